The van der Waals surface area contributed by atoms with E-state index < -0.39 is 17.7 Å². The summed E-state index contributed by atoms with van der Waals surface area (Å²) in [6.45, 7) is 2.02. The molecule has 0 aliphatic heterocycles. The molecule has 78 valence electrons. The summed E-state index contributed by atoms with van der Waals surface area (Å²) < 4.78 is 12.9. The number of phenolic OH excluding ortho intramolecular Hbond substituents is 1. The van der Waals surface area contributed by atoms with Crippen molar-refractivity contribution in [3.63, 3.8) is 0 Å². The van der Waals surface area contributed by atoms with Crippen LogP contribution in [0.2, 0.25) is 0 Å². The second kappa shape index (κ2) is 4.39. The first kappa shape index (κ1) is 10.9. The average molecular weight is 199 g/mol. The highest BCUT2D eigenvalue weighted by Gasteiger charge is 2.12. The highest BCUT2D eigenvalue weighted by Crippen LogP contribution is 2.26. The Kier molecular flexibility index (Phi) is 3.43. The number of halogens is 1. The molecule has 0 aliphatic carbocycles. The highest BCUT2D eigenvalue weighted by molar-refractivity contribution is 5.36. The van der Waals surface area contributed by atoms with Gasteiger partial charge in [-0.15, -0.1) is 0 Å². The van der Waals surface area contributed by atoms with Crippen LogP contribution >= 0.6 is 0 Å². The lowest BCUT2D eigenvalue weighted by Gasteiger charge is -2.13. The number of aliphatic hydroxyl groups is 1. The van der Waals surface area contributed by atoms with Crippen LogP contribution in [0, 0.1) is 12.7 Å². The Morgan fingerprint density at radius 2 is 2.14 bits per heavy atom. The van der Waals surface area contributed by atoms with Gasteiger partial charge in [-0.05, 0) is 43.1 Å². The predicted molar refractivity (Wildman–Crippen MR) is 51.4 cm³/mol. The van der Waals surface area contributed by atoms with Crippen molar-refractivity contribution in [2.45, 2.75) is 19.4 Å². The highest BCUT2D eigenvalue weighted by atomic mass is 19.1. The molecule has 0 saturated carbocycles. The van der Waals surface area contributed by atoms with E-state index in [-0.39, 0.29) is 0 Å². The van der Waals surface area contributed by atoms with E-state index >= 15 is 0 Å². The van der Waals surface area contributed by atoms with Gasteiger partial charge in [0.15, 0.2) is 11.6 Å². The Balaban J connectivity index is 3.02. The zero-order chi connectivity index (χ0) is 10.7. The SMILES string of the molecule is Cc1cc(F)c(O)cc1C(O)CCN. The van der Waals surface area contributed by atoms with Gasteiger partial charge in [-0.25, -0.2) is 4.39 Å². The quantitative estimate of drug-likeness (QED) is 0.685. The molecule has 3 nitrogen and oxygen atoms in total. The first-order valence-corrected chi connectivity index (χ1v) is 4.43. The van der Waals surface area contributed by atoms with Crippen molar-refractivity contribution < 1.29 is 14.6 Å². The van der Waals surface area contributed by atoms with Gasteiger partial charge >= 0.3 is 0 Å². The van der Waals surface area contributed by atoms with Crippen LogP contribution in [0.3, 0.4) is 0 Å². The van der Waals surface area contributed by atoms with Crippen LogP contribution in [-0.4, -0.2) is 16.8 Å². The third-order valence-electron chi connectivity index (χ3n) is 2.13. The Morgan fingerprint density at radius 1 is 1.50 bits per heavy atom. The molecule has 1 aromatic carbocycles. The lowest BCUT2D eigenvalue weighted by Crippen LogP contribution is -2.08. The Bertz CT molecular complexity index is 328. The second-order valence-electron chi connectivity index (χ2n) is 3.25. The van der Waals surface area contributed by atoms with E-state index in [0.29, 0.717) is 24.1 Å². The summed E-state index contributed by atoms with van der Waals surface area (Å²) in [7, 11) is 0. The molecule has 0 aromatic heterocycles. The third kappa shape index (κ3) is 2.21. The molecular formula is C10H14FNO2. The molecule has 4 heteroatoms. The van der Waals surface area contributed by atoms with Crippen LogP contribution in [-0.2, 0) is 0 Å². The van der Waals surface area contributed by atoms with Gasteiger partial charge in [0.1, 0.15) is 0 Å². The number of nitrogens with two attached hydrogens (primary N) is 1. The molecule has 0 aliphatic rings. The summed E-state index contributed by atoms with van der Waals surface area (Å²) >= 11 is 0. The molecule has 0 fully saturated rings. The van der Waals surface area contributed by atoms with Crippen LogP contribution < -0.4 is 5.73 Å². The Morgan fingerprint density at radius 3 is 2.71 bits per heavy atom. The van der Waals surface area contributed by atoms with Gasteiger partial charge in [-0.3, -0.25) is 0 Å². The minimum atomic E-state index is -0.744. The maximum Gasteiger partial charge on any atom is 0.165 e. The first-order valence-electron chi connectivity index (χ1n) is 4.43. The van der Waals surface area contributed by atoms with E-state index in [2.05, 4.69) is 0 Å². The summed E-state index contributed by atoms with van der Waals surface area (Å²) in [5.74, 6) is -1.12. The molecule has 1 rings (SSSR count). The monoisotopic (exact) mass is 199 g/mol. The molecule has 1 aromatic rings. The molecule has 0 amide bonds. The van der Waals surface area contributed by atoms with Gasteiger partial charge in [-0.2, -0.15) is 0 Å². The van der Waals surface area contributed by atoms with Crippen molar-refractivity contribution in [2.24, 2.45) is 5.73 Å². The van der Waals surface area contributed by atoms with Gasteiger partial charge < -0.3 is 15.9 Å². The van der Waals surface area contributed by atoms with Crippen LogP contribution in [0.25, 0.3) is 0 Å². The van der Waals surface area contributed by atoms with Gasteiger partial charge in [-0.1, -0.05) is 0 Å². The lowest BCUT2D eigenvalue weighted by atomic mass is 10.0. The minimum absolute atomic E-state index is 0.346. The van der Waals surface area contributed by atoms with E-state index in [1.54, 1.807) is 6.92 Å². The minimum Gasteiger partial charge on any atom is -0.505 e. The van der Waals surface area contributed by atoms with E-state index in [0.717, 1.165) is 0 Å². The van der Waals surface area contributed by atoms with Crippen LogP contribution in [0.4, 0.5) is 4.39 Å². The maximum atomic E-state index is 12.9. The van der Waals surface area contributed by atoms with Crippen molar-refractivity contribution in [1.29, 1.82) is 0 Å². The molecule has 1 atom stereocenters. The summed E-state index contributed by atoms with van der Waals surface area (Å²) in [4.78, 5) is 0. The smallest absolute Gasteiger partial charge is 0.165 e. The van der Waals surface area contributed by atoms with Crippen molar-refractivity contribution in [2.75, 3.05) is 6.54 Å². The summed E-state index contributed by atoms with van der Waals surface area (Å²) in [6, 6.07) is 2.44. The number of benzene rings is 1. The van der Waals surface area contributed by atoms with Crippen LogP contribution in [0.1, 0.15) is 23.7 Å². The molecule has 0 bridgehead atoms. The van der Waals surface area contributed by atoms with E-state index in [1.165, 1.54) is 12.1 Å². The summed E-state index contributed by atoms with van der Waals surface area (Å²) in [5.41, 5.74) is 6.42. The zero-order valence-corrected chi connectivity index (χ0v) is 8.00. The van der Waals surface area contributed by atoms with Crippen molar-refractivity contribution in [1.82, 2.24) is 0 Å². The number of hydrogen-bond donors (Lipinski definition) is 3. The number of hydrogen-bond acceptors (Lipinski definition) is 3. The topological polar surface area (TPSA) is 66.5 Å². The summed E-state index contributed by atoms with van der Waals surface area (Å²) in [6.07, 6.45) is -0.349. The number of aryl methyl sites for hydroxylation is 1. The van der Waals surface area contributed by atoms with Gasteiger partial charge in [0.05, 0.1) is 6.10 Å². The fourth-order valence-corrected chi connectivity index (χ4v) is 1.35. The third-order valence-corrected chi connectivity index (χ3v) is 2.13. The molecule has 14 heavy (non-hydrogen) atoms. The fourth-order valence-electron chi connectivity index (χ4n) is 1.35. The van der Waals surface area contributed by atoms with Crippen LogP contribution in [0.5, 0.6) is 5.75 Å². The Hall–Kier alpha value is -1.13. The van der Waals surface area contributed by atoms with E-state index in [4.69, 9.17) is 10.8 Å². The van der Waals surface area contributed by atoms with Gasteiger partial charge in [0.2, 0.25) is 0 Å². The standard InChI is InChI=1S/C10H14FNO2/c1-6-4-8(11)10(14)5-7(6)9(13)2-3-12/h4-5,9,13-14H,2-3,12H2,1H3. The second-order valence-corrected chi connectivity index (χ2v) is 3.25. The first-order chi connectivity index (χ1) is 6.56. The summed E-state index contributed by atoms with van der Waals surface area (Å²) in [5, 5.41) is 18.7. The predicted octanol–water partition coefficient (Wildman–Crippen LogP) is 1.22. The van der Waals surface area contributed by atoms with Crippen molar-refractivity contribution in [3.8, 4) is 5.75 Å². The van der Waals surface area contributed by atoms with Crippen LogP contribution in [0.15, 0.2) is 12.1 Å². The fraction of sp³-hybridized carbons (Fsp3) is 0.400. The molecule has 0 spiro atoms. The number of phenols is 1. The van der Waals surface area contributed by atoms with Gasteiger partial charge in [0, 0.05) is 0 Å². The Labute approximate surface area is 82.0 Å². The van der Waals surface area contributed by atoms with E-state index in [9.17, 15) is 9.50 Å². The molecular weight excluding hydrogens is 185 g/mol. The normalized spacial score (nSPS) is 12.9. The largest absolute Gasteiger partial charge is 0.505 e. The molecule has 0 radical (unpaired) electrons. The van der Waals surface area contributed by atoms with Crippen molar-refractivity contribution in [3.05, 3.63) is 29.1 Å². The van der Waals surface area contributed by atoms with Crippen molar-refractivity contribution >= 4 is 0 Å². The number of rotatable bonds is 3. The zero-order valence-electron chi connectivity index (χ0n) is 8.00. The molecule has 1 unspecified atom stereocenters. The maximum absolute atomic E-state index is 12.9. The lowest BCUT2D eigenvalue weighted by molar-refractivity contribution is 0.169. The molecule has 0 heterocycles. The average Bonchev–Trinajstić information content (AvgIpc) is 2.11. The number of aliphatic hydroxyl groups excluding tert-OH is 1. The van der Waals surface area contributed by atoms with Gasteiger partial charge in [0.25, 0.3) is 0 Å². The molecule has 0 saturated heterocycles. The number of aromatic hydroxyl groups is 1. The molecule has 4 N–H and O–H groups in total. The van der Waals surface area contributed by atoms with E-state index in [1.807, 2.05) is 0 Å².